The molecule has 0 aromatic carbocycles. The summed E-state index contributed by atoms with van der Waals surface area (Å²) in [6.45, 7) is 0. The summed E-state index contributed by atoms with van der Waals surface area (Å²) < 4.78 is 0. The van der Waals surface area contributed by atoms with Crippen LogP contribution < -0.4 is 0 Å². The van der Waals surface area contributed by atoms with Crippen molar-refractivity contribution < 1.29 is 5.11 Å². The SMILES string of the molecule is OC(CCC1CCCCC1)c1cncnc1. The van der Waals surface area contributed by atoms with E-state index in [4.69, 9.17) is 0 Å². The maximum Gasteiger partial charge on any atom is 0.115 e. The number of hydrogen-bond acceptors (Lipinski definition) is 3. The van der Waals surface area contributed by atoms with Crippen molar-refractivity contribution in [2.75, 3.05) is 0 Å². The molecule has 0 aliphatic heterocycles. The Morgan fingerprint density at radius 2 is 1.88 bits per heavy atom. The van der Waals surface area contributed by atoms with Crippen LogP contribution in [0.25, 0.3) is 0 Å². The number of hydrogen-bond donors (Lipinski definition) is 1. The molecule has 1 aromatic rings. The molecule has 1 unspecified atom stereocenters. The first-order valence-corrected chi connectivity index (χ1v) is 6.29. The zero-order valence-corrected chi connectivity index (χ0v) is 9.68. The van der Waals surface area contributed by atoms with Crippen molar-refractivity contribution >= 4 is 0 Å². The van der Waals surface area contributed by atoms with Crippen molar-refractivity contribution in [1.82, 2.24) is 9.97 Å². The predicted octanol–water partition coefficient (Wildman–Crippen LogP) is 2.87. The molecule has 88 valence electrons. The first kappa shape index (κ1) is 11.5. The molecule has 1 saturated carbocycles. The molecular formula is C13H20N2O. The molecule has 1 N–H and O–H groups in total. The van der Waals surface area contributed by atoms with E-state index in [1.54, 1.807) is 12.4 Å². The van der Waals surface area contributed by atoms with Crippen molar-refractivity contribution in [3.05, 3.63) is 24.3 Å². The van der Waals surface area contributed by atoms with E-state index in [1.807, 2.05) is 0 Å². The number of aliphatic hydroxyl groups excluding tert-OH is 1. The summed E-state index contributed by atoms with van der Waals surface area (Å²) in [5, 5.41) is 9.97. The summed E-state index contributed by atoms with van der Waals surface area (Å²) in [4.78, 5) is 7.86. The van der Waals surface area contributed by atoms with E-state index < -0.39 is 0 Å². The first-order valence-electron chi connectivity index (χ1n) is 6.29. The molecule has 3 nitrogen and oxygen atoms in total. The van der Waals surface area contributed by atoms with Crippen LogP contribution in [0.1, 0.15) is 56.6 Å². The van der Waals surface area contributed by atoms with Crippen LogP contribution in [0.4, 0.5) is 0 Å². The molecule has 0 radical (unpaired) electrons. The van der Waals surface area contributed by atoms with E-state index in [9.17, 15) is 5.11 Å². The molecule has 1 heterocycles. The topological polar surface area (TPSA) is 46.0 Å². The van der Waals surface area contributed by atoms with Crippen LogP contribution >= 0.6 is 0 Å². The number of rotatable bonds is 4. The van der Waals surface area contributed by atoms with Gasteiger partial charge in [0, 0.05) is 18.0 Å². The summed E-state index contributed by atoms with van der Waals surface area (Å²) in [5.41, 5.74) is 0.846. The molecule has 0 spiro atoms. The molecule has 0 saturated heterocycles. The van der Waals surface area contributed by atoms with Gasteiger partial charge >= 0.3 is 0 Å². The Bertz CT molecular complexity index is 296. The van der Waals surface area contributed by atoms with Crippen LogP contribution in [0, 0.1) is 5.92 Å². The molecule has 1 atom stereocenters. The quantitative estimate of drug-likeness (QED) is 0.848. The van der Waals surface area contributed by atoms with Crippen LogP contribution in [0.15, 0.2) is 18.7 Å². The fraction of sp³-hybridized carbons (Fsp3) is 0.692. The first-order chi connectivity index (χ1) is 7.86. The summed E-state index contributed by atoms with van der Waals surface area (Å²) in [5.74, 6) is 0.827. The monoisotopic (exact) mass is 220 g/mol. The number of aromatic nitrogens is 2. The van der Waals surface area contributed by atoms with E-state index >= 15 is 0 Å². The highest BCUT2D eigenvalue weighted by Crippen LogP contribution is 2.29. The molecule has 3 heteroatoms. The minimum atomic E-state index is -0.386. The standard InChI is InChI=1S/C13H20N2O/c16-13(12-8-14-10-15-9-12)7-6-11-4-2-1-3-5-11/h8-11,13,16H,1-7H2. The van der Waals surface area contributed by atoms with E-state index in [1.165, 1.54) is 38.4 Å². The third-order valence-electron chi connectivity index (χ3n) is 3.54. The molecule has 1 fully saturated rings. The normalized spacial score (nSPS) is 19.6. The van der Waals surface area contributed by atoms with Crippen molar-refractivity contribution in [2.45, 2.75) is 51.0 Å². The maximum atomic E-state index is 9.97. The Balaban J connectivity index is 1.77. The third kappa shape index (κ3) is 3.27. The lowest BCUT2D eigenvalue weighted by atomic mass is 9.85. The molecule has 0 amide bonds. The average Bonchev–Trinajstić information content (AvgIpc) is 2.38. The second-order valence-corrected chi connectivity index (χ2v) is 4.77. The van der Waals surface area contributed by atoms with Gasteiger partial charge in [0.2, 0.25) is 0 Å². The summed E-state index contributed by atoms with van der Waals surface area (Å²) in [6, 6.07) is 0. The smallest absolute Gasteiger partial charge is 0.115 e. The van der Waals surface area contributed by atoms with E-state index in [0.29, 0.717) is 0 Å². The van der Waals surface area contributed by atoms with E-state index in [-0.39, 0.29) is 6.10 Å². The van der Waals surface area contributed by atoms with Gasteiger partial charge in [-0.2, -0.15) is 0 Å². The molecule has 1 aliphatic rings. The van der Waals surface area contributed by atoms with Crippen LogP contribution in [0.5, 0.6) is 0 Å². The highest BCUT2D eigenvalue weighted by Gasteiger charge is 2.16. The van der Waals surface area contributed by atoms with Crippen LogP contribution in [0.2, 0.25) is 0 Å². The summed E-state index contributed by atoms with van der Waals surface area (Å²) in [7, 11) is 0. The molecule has 2 rings (SSSR count). The Kier molecular flexibility index (Phi) is 4.28. The third-order valence-corrected chi connectivity index (χ3v) is 3.54. The number of aliphatic hydroxyl groups is 1. The molecule has 0 bridgehead atoms. The van der Waals surface area contributed by atoms with Gasteiger partial charge in [0.05, 0.1) is 6.10 Å². The Morgan fingerprint density at radius 3 is 2.56 bits per heavy atom. The zero-order valence-electron chi connectivity index (χ0n) is 9.68. The van der Waals surface area contributed by atoms with Gasteiger partial charge in [0.15, 0.2) is 0 Å². The van der Waals surface area contributed by atoms with E-state index in [0.717, 1.165) is 24.3 Å². The van der Waals surface area contributed by atoms with Gasteiger partial charge in [-0.1, -0.05) is 32.1 Å². The average molecular weight is 220 g/mol. The largest absolute Gasteiger partial charge is 0.388 e. The minimum absolute atomic E-state index is 0.386. The summed E-state index contributed by atoms with van der Waals surface area (Å²) >= 11 is 0. The van der Waals surface area contributed by atoms with Crippen molar-refractivity contribution in [1.29, 1.82) is 0 Å². The Hall–Kier alpha value is -0.960. The lowest BCUT2D eigenvalue weighted by Gasteiger charge is -2.22. The van der Waals surface area contributed by atoms with Crippen molar-refractivity contribution in [3.8, 4) is 0 Å². The highest BCUT2D eigenvalue weighted by molar-refractivity contribution is 5.06. The second-order valence-electron chi connectivity index (χ2n) is 4.77. The predicted molar refractivity (Wildman–Crippen MR) is 62.8 cm³/mol. The lowest BCUT2D eigenvalue weighted by molar-refractivity contribution is 0.150. The highest BCUT2D eigenvalue weighted by atomic mass is 16.3. The van der Waals surface area contributed by atoms with Crippen LogP contribution in [-0.2, 0) is 0 Å². The maximum absolute atomic E-state index is 9.97. The van der Waals surface area contributed by atoms with Gasteiger partial charge in [-0.15, -0.1) is 0 Å². The molecule has 1 aliphatic carbocycles. The van der Waals surface area contributed by atoms with Gasteiger partial charge in [-0.05, 0) is 18.8 Å². The van der Waals surface area contributed by atoms with Crippen molar-refractivity contribution in [3.63, 3.8) is 0 Å². The molecule has 16 heavy (non-hydrogen) atoms. The fourth-order valence-corrected chi connectivity index (χ4v) is 2.52. The minimum Gasteiger partial charge on any atom is -0.388 e. The molecular weight excluding hydrogens is 200 g/mol. The Morgan fingerprint density at radius 1 is 1.19 bits per heavy atom. The summed E-state index contributed by atoms with van der Waals surface area (Å²) in [6.07, 6.45) is 13.3. The lowest BCUT2D eigenvalue weighted by Crippen LogP contribution is -2.08. The zero-order chi connectivity index (χ0) is 11.2. The number of nitrogens with zero attached hydrogens (tertiary/aromatic N) is 2. The van der Waals surface area contributed by atoms with Crippen molar-refractivity contribution in [2.24, 2.45) is 5.92 Å². The van der Waals surface area contributed by atoms with Gasteiger partial charge in [0.1, 0.15) is 6.33 Å². The van der Waals surface area contributed by atoms with Gasteiger partial charge in [-0.25, -0.2) is 9.97 Å². The van der Waals surface area contributed by atoms with Crippen LogP contribution in [-0.4, -0.2) is 15.1 Å². The second kappa shape index (κ2) is 5.94. The van der Waals surface area contributed by atoms with E-state index in [2.05, 4.69) is 9.97 Å². The van der Waals surface area contributed by atoms with Gasteiger partial charge in [0.25, 0.3) is 0 Å². The van der Waals surface area contributed by atoms with Gasteiger partial charge in [-0.3, -0.25) is 0 Å². The van der Waals surface area contributed by atoms with Gasteiger partial charge < -0.3 is 5.11 Å². The Labute approximate surface area is 96.9 Å². The molecule has 1 aromatic heterocycles. The fourth-order valence-electron chi connectivity index (χ4n) is 2.52. The van der Waals surface area contributed by atoms with Crippen LogP contribution in [0.3, 0.4) is 0 Å².